The van der Waals surface area contributed by atoms with Gasteiger partial charge in [0.05, 0.1) is 13.2 Å². The minimum Gasteiger partial charge on any atom is -0.496 e. The topological polar surface area (TPSA) is 49.9 Å². The fourth-order valence-corrected chi connectivity index (χ4v) is 2.65. The van der Waals surface area contributed by atoms with E-state index in [4.69, 9.17) is 4.74 Å². The summed E-state index contributed by atoms with van der Waals surface area (Å²) >= 11 is 0. The molecule has 5 heteroatoms. The number of rotatable bonds is 2. The Labute approximate surface area is 119 Å². The maximum Gasteiger partial charge on any atom is 0.220 e. The number of nitrogens with zero attached hydrogens (tertiary/aromatic N) is 2. The van der Waals surface area contributed by atoms with Gasteiger partial charge in [0.2, 0.25) is 11.8 Å². The quantitative estimate of drug-likeness (QED) is 0.821. The Morgan fingerprint density at radius 1 is 1.15 bits per heavy atom. The second-order valence-corrected chi connectivity index (χ2v) is 4.94. The number of amides is 2. The van der Waals surface area contributed by atoms with Gasteiger partial charge >= 0.3 is 0 Å². The molecule has 2 amide bonds. The molecule has 0 radical (unpaired) electrons. The molecule has 0 spiro atoms. The number of carbonyl (C=O) groups is 2. The van der Waals surface area contributed by atoms with Crippen molar-refractivity contribution < 1.29 is 14.3 Å². The number of hydrogen-bond donors (Lipinski definition) is 0. The van der Waals surface area contributed by atoms with Crippen LogP contribution in [-0.4, -0.2) is 48.4 Å². The van der Waals surface area contributed by atoms with Crippen molar-refractivity contribution in [1.82, 2.24) is 9.80 Å². The van der Waals surface area contributed by atoms with Gasteiger partial charge in [-0.25, -0.2) is 0 Å². The van der Waals surface area contributed by atoms with Gasteiger partial charge in [-0.3, -0.25) is 9.59 Å². The lowest BCUT2D eigenvalue weighted by molar-refractivity contribution is -0.140. The van der Waals surface area contributed by atoms with Crippen LogP contribution in [0.25, 0.3) is 0 Å². The summed E-state index contributed by atoms with van der Waals surface area (Å²) in [4.78, 5) is 27.0. The Bertz CT molecular complexity index is 516. The van der Waals surface area contributed by atoms with Gasteiger partial charge in [-0.15, -0.1) is 0 Å². The standard InChI is InChI=1S/C15H20N2O3/c1-11(18)16-8-9-17(12(2)19)14(10-16)13-6-4-5-7-15(13)20-3/h4-7,14H,8-10H2,1-3H3. The fraction of sp³-hybridized carbons (Fsp3) is 0.467. The smallest absolute Gasteiger partial charge is 0.220 e. The van der Waals surface area contributed by atoms with Crippen LogP contribution in [0.3, 0.4) is 0 Å². The third-order valence-corrected chi connectivity index (χ3v) is 3.73. The molecule has 1 unspecified atom stereocenters. The van der Waals surface area contributed by atoms with Gasteiger partial charge in [-0.05, 0) is 6.07 Å². The van der Waals surface area contributed by atoms with Crippen LogP contribution in [0.15, 0.2) is 24.3 Å². The summed E-state index contributed by atoms with van der Waals surface area (Å²) in [6.07, 6.45) is 0. The molecule has 0 N–H and O–H groups in total. The molecule has 20 heavy (non-hydrogen) atoms. The molecule has 1 fully saturated rings. The number of benzene rings is 1. The van der Waals surface area contributed by atoms with Gasteiger partial charge in [-0.2, -0.15) is 0 Å². The van der Waals surface area contributed by atoms with Gasteiger partial charge in [0.1, 0.15) is 5.75 Å². The van der Waals surface area contributed by atoms with Crippen molar-refractivity contribution >= 4 is 11.8 Å². The van der Waals surface area contributed by atoms with E-state index in [1.54, 1.807) is 30.8 Å². The number of methoxy groups -OCH3 is 1. The zero-order chi connectivity index (χ0) is 14.7. The van der Waals surface area contributed by atoms with Crippen molar-refractivity contribution in [3.05, 3.63) is 29.8 Å². The van der Waals surface area contributed by atoms with Crippen LogP contribution in [0.4, 0.5) is 0 Å². The normalized spacial score (nSPS) is 18.9. The lowest BCUT2D eigenvalue weighted by Crippen LogP contribution is -2.51. The molecule has 1 saturated heterocycles. The summed E-state index contributed by atoms with van der Waals surface area (Å²) in [5.41, 5.74) is 0.941. The van der Waals surface area contributed by atoms with Crippen molar-refractivity contribution in [1.29, 1.82) is 0 Å². The van der Waals surface area contributed by atoms with Gasteiger partial charge in [0.15, 0.2) is 0 Å². The molecule has 1 aliphatic heterocycles. The Kier molecular flexibility index (Phi) is 4.27. The lowest BCUT2D eigenvalue weighted by atomic mass is 10.0. The SMILES string of the molecule is COc1ccccc1C1CN(C(C)=O)CCN1C(C)=O. The highest BCUT2D eigenvalue weighted by atomic mass is 16.5. The van der Waals surface area contributed by atoms with E-state index < -0.39 is 0 Å². The van der Waals surface area contributed by atoms with E-state index in [0.29, 0.717) is 19.6 Å². The Balaban J connectivity index is 2.36. The molecular weight excluding hydrogens is 256 g/mol. The van der Waals surface area contributed by atoms with E-state index in [1.165, 1.54) is 0 Å². The largest absolute Gasteiger partial charge is 0.496 e. The molecule has 1 heterocycles. The third-order valence-electron chi connectivity index (χ3n) is 3.73. The number of carbonyl (C=O) groups excluding carboxylic acids is 2. The summed E-state index contributed by atoms with van der Waals surface area (Å²) in [6.45, 7) is 4.77. The van der Waals surface area contributed by atoms with Crippen LogP contribution >= 0.6 is 0 Å². The van der Waals surface area contributed by atoms with Crippen molar-refractivity contribution in [2.75, 3.05) is 26.7 Å². The third kappa shape index (κ3) is 2.76. The minimum absolute atomic E-state index is 0.0177. The molecule has 0 aromatic heterocycles. The minimum atomic E-state index is -0.152. The van der Waals surface area contributed by atoms with Crippen molar-refractivity contribution in [3.8, 4) is 5.75 Å². The highest BCUT2D eigenvalue weighted by molar-refractivity contribution is 5.76. The molecule has 0 bridgehead atoms. The summed E-state index contributed by atoms with van der Waals surface area (Å²) in [7, 11) is 1.61. The molecule has 1 aromatic rings. The first-order valence-electron chi connectivity index (χ1n) is 6.70. The first kappa shape index (κ1) is 14.4. The van der Waals surface area contributed by atoms with Crippen LogP contribution in [0.5, 0.6) is 5.75 Å². The molecule has 5 nitrogen and oxygen atoms in total. The van der Waals surface area contributed by atoms with Crippen LogP contribution < -0.4 is 4.74 Å². The predicted molar refractivity (Wildman–Crippen MR) is 75.4 cm³/mol. The summed E-state index contributed by atoms with van der Waals surface area (Å²) < 4.78 is 5.38. The average Bonchev–Trinajstić information content (AvgIpc) is 2.46. The summed E-state index contributed by atoms with van der Waals surface area (Å²) in [5.74, 6) is 0.798. The van der Waals surface area contributed by atoms with E-state index >= 15 is 0 Å². The number of ether oxygens (including phenoxy) is 1. The molecule has 0 saturated carbocycles. The zero-order valence-corrected chi connectivity index (χ0v) is 12.1. The Morgan fingerprint density at radius 2 is 1.85 bits per heavy atom. The molecule has 1 atom stereocenters. The fourth-order valence-electron chi connectivity index (χ4n) is 2.65. The first-order chi connectivity index (χ1) is 9.54. The monoisotopic (exact) mass is 276 g/mol. The molecule has 108 valence electrons. The van der Waals surface area contributed by atoms with E-state index in [0.717, 1.165) is 11.3 Å². The van der Waals surface area contributed by atoms with Crippen LogP contribution in [-0.2, 0) is 9.59 Å². The number of para-hydroxylation sites is 1. The van der Waals surface area contributed by atoms with Crippen LogP contribution in [0, 0.1) is 0 Å². The average molecular weight is 276 g/mol. The second kappa shape index (κ2) is 5.94. The predicted octanol–water partition coefficient (Wildman–Crippen LogP) is 1.45. The van der Waals surface area contributed by atoms with E-state index in [9.17, 15) is 9.59 Å². The van der Waals surface area contributed by atoms with Crippen LogP contribution in [0.2, 0.25) is 0 Å². The zero-order valence-electron chi connectivity index (χ0n) is 12.1. The van der Waals surface area contributed by atoms with Gasteiger partial charge in [-0.1, -0.05) is 18.2 Å². The van der Waals surface area contributed by atoms with Gasteiger partial charge < -0.3 is 14.5 Å². The van der Waals surface area contributed by atoms with Crippen LogP contribution in [0.1, 0.15) is 25.5 Å². The Hall–Kier alpha value is -2.04. The summed E-state index contributed by atoms with van der Waals surface area (Å²) in [5, 5.41) is 0. The molecule has 1 aromatic carbocycles. The number of piperazine rings is 1. The molecule has 2 rings (SSSR count). The van der Waals surface area contributed by atoms with Crippen molar-refractivity contribution in [2.24, 2.45) is 0 Å². The second-order valence-electron chi connectivity index (χ2n) is 4.94. The molecule has 1 aliphatic rings. The highest BCUT2D eigenvalue weighted by Crippen LogP contribution is 2.32. The maximum atomic E-state index is 11.8. The van der Waals surface area contributed by atoms with Crippen molar-refractivity contribution in [3.63, 3.8) is 0 Å². The van der Waals surface area contributed by atoms with E-state index in [-0.39, 0.29) is 17.9 Å². The van der Waals surface area contributed by atoms with Crippen molar-refractivity contribution in [2.45, 2.75) is 19.9 Å². The highest BCUT2D eigenvalue weighted by Gasteiger charge is 2.32. The lowest BCUT2D eigenvalue weighted by Gasteiger charge is -2.41. The Morgan fingerprint density at radius 3 is 2.45 bits per heavy atom. The maximum absolute atomic E-state index is 11.8. The number of hydrogen-bond acceptors (Lipinski definition) is 3. The van der Waals surface area contributed by atoms with Gasteiger partial charge in [0.25, 0.3) is 0 Å². The van der Waals surface area contributed by atoms with E-state index in [2.05, 4.69) is 0 Å². The summed E-state index contributed by atoms with van der Waals surface area (Å²) in [6, 6.07) is 7.49. The molecular formula is C15H20N2O3. The van der Waals surface area contributed by atoms with Gasteiger partial charge in [0, 0.05) is 39.0 Å². The van der Waals surface area contributed by atoms with E-state index in [1.807, 2.05) is 24.3 Å². The molecule has 0 aliphatic carbocycles. The first-order valence-corrected chi connectivity index (χ1v) is 6.70.